The van der Waals surface area contributed by atoms with E-state index in [-0.39, 0.29) is 11.8 Å². The van der Waals surface area contributed by atoms with Crippen molar-refractivity contribution in [1.29, 1.82) is 0 Å². The lowest BCUT2D eigenvalue weighted by Gasteiger charge is -2.41. The molecule has 1 aliphatic heterocycles. The topological polar surface area (TPSA) is 86.3 Å². The van der Waals surface area contributed by atoms with E-state index in [1.165, 1.54) is 6.20 Å². The maximum absolute atomic E-state index is 12.0. The summed E-state index contributed by atoms with van der Waals surface area (Å²) >= 11 is 0. The molecule has 0 saturated carbocycles. The van der Waals surface area contributed by atoms with E-state index in [9.17, 15) is 9.59 Å². The molecule has 1 atom stereocenters. The molecule has 1 saturated heterocycles. The van der Waals surface area contributed by atoms with Gasteiger partial charge in [-0.25, -0.2) is 0 Å². The Kier molecular flexibility index (Phi) is 2.87. The Balaban J connectivity index is 1.95. The van der Waals surface area contributed by atoms with Crippen molar-refractivity contribution in [2.75, 3.05) is 13.1 Å². The summed E-state index contributed by atoms with van der Waals surface area (Å²) in [5.74, 6) is -1.22. The molecule has 6 nitrogen and oxygen atoms in total. The summed E-state index contributed by atoms with van der Waals surface area (Å²) in [5.41, 5.74) is 1.30. The van der Waals surface area contributed by atoms with Crippen LogP contribution in [0.1, 0.15) is 23.0 Å². The molecule has 6 heteroatoms. The Hall–Kier alpha value is -1.85. The minimum atomic E-state index is -0.804. The van der Waals surface area contributed by atoms with Gasteiger partial charge in [0.15, 0.2) is 0 Å². The average Bonchev–Trinajstić information content (AvgIpc) is 2.61. The van der Waals surface area contributed by atoms with Crippen molar-refractivity contribution in [1.82, 2.24) is 15.1 Å². The van der Waals surface area contributed by atoms with E-state index in [0.29, 0.717) is 18.7 Å². The lowest BCUT2D eigenvalue weighted by atomic mass is 9.86. The van der Waals surface area contributed by atoms with Gasteiger partial charge in [-0.1, -0.05) is 6.92 Å². The van der Waals surface area contributed by atoms with Crippen molar-refractivity contribution in [2.24, 2.45) is 11.8 Å². The number of carboxylic acids is 1. The smallest absolute Gasteiger partial charge is 0.306 e. The zero-order valence-electron chi connectivity index (χ0n) is 9.80. The zero-order chi connectivity index (χ0) is 12.6. The first-order valence-electron chi connectivity index (χ1n) is 5.52. The molecule has 2 heterocycles. The molecule has 1 fully saturated rings. The number of carbonyl (C=O) groups excluding carboxylic acids is 1. The van der Waals surface area contributed by atoms with Gasteiger partial charge in [-0.15, -0.1) is 0 Å². The molecule has 1 aliphatic rings. The van der Waals surface area contributed by atoms with E-state index in [2.05, 4.69) is 10.2 Å². The minimum Gasteiger partial charge on any atom is -0.481 e. The summed E-state index contributed by atoms with van der Waals surface area (Å²) in [5, 5.41) is 15.4. The summed E-state index contributed by atoms with van der Waals surface area (Å²) in [6.07, 6.45) is 1.51. The van der Waals surface area contributed by atoms with Gasteiger partial charge in [-0.3, -0.25) is 14.7 Å². The highest BCUT2D eigenvalue weighted by atomic mass is 16.4. The number of carbonyl (C=O) groups is 2. The van der Waals surface area contributed by atoms with Crippen LogP contribution >= 0.6 is 0 Å². The number of likely N-dealkylation sites (tertiary alicyclic amines) is 1. The van der Waals surface area contributed by atoms with Gasteiger partial charge >= 0.3 is 5.97 Å². The van der Waals surface area contributed by atoms with E-state index in [1.54, 1.807) is 18.7 Å². The summed E-state index contributed by atoms with van der Waals surface area (Å²) < 4.78 is 0. The van der Waals surface area contributed by atoms with Crippen molar-refractivity contribution in [3.05, 3.63) is 17.5 Å². The van der Waals surface area contributed by atoms with Crippen LogP contribution < -0.4 is 0 Å². The SMILES string of the molecule is Cc1[nH]ncc1C(=O)N1CC(C(C)C(=O)O)C1. The number of carboxylic acid groups (broad SMARTS) is 1. The summed E-state index contributed by atoms with van der Waals surface area (Å²) in [6, 6.07) is 0. The van der Waals surface area contributed by atoms with E-state index >= 15 is 0 Å². The third kappa shape index (κ3) is 2.02. The highest BCUT2D eigenvalue weighted by Crippen LogP contribution is 2.25. The Morgan fingerprint density at radius 1 is 1.59 bits per heavy atom. The second kappa shape index (κ2) is 4.20. The van der Waals surface area contributed by atoms with Gasteiger partial charge in [0.25, 0.3) is 5.91 Å². The first kappa shape index (κ1) is 11.6. The molecule has 0 aromatic carbocycles. The van der Waals surface area contributed by atoms with Crippen LogP contribution in [0, 0.1) is 18.8 Å². The highest BCUT2D eigenvalue weighted by Gasteiger charge is 2.37. The predicted molar refractivity (Wildman–Crippen MR) is 59.5 cm³/mol. The van der Waals surface area contributed by atoms with Crippen LogP contribution in [0.5, 0.6) is 0 Å². The standard InChI is InChI=1S/C11H15N3O3/c1-6(11(16)17)8-4-14(5-8)10(15)9-3-12-13-7(9)2/h3,6,8H,4-5H2,1-2H3,(H,12,13)(H,16,17). The van der Waals surface area contributed by atoms with Gasteiger partial charge in [0.2, 0.25) is 0 Å². The van der Waals surface area contributed by atoms with E-state index in [1.807, 2.05) is 0 Å². The molecule has 92 valence electrons. The van der Waals surface area contributed by atoms with Crippen LogP contribution in [0.2, 0.25) is 0 Å². The second-order valence-electron chi connectivity index (χ2n) is 4.51. The van der Waals surface area contributed by atoms with Crippen LogP contribution in [0.4, 0.5) is 0 Å². The number of hydrogen-bond donors (Lipinski definition) is 2. The molecule has 0 radical (unpaired) electrons. The number of aryl methyl sites for hydroxylation is 1. The maximum Gasteiger partial charge on any atom is 0.306 e. The number of aromatic amines is 1. The molecule has 1 unspecified atom stereocenters. The van der Waals surface area contributed by atoms with Crippen molar-refractivity contribution in [3.63, 3.8) is 0 Å². The minimum absolute atomic E-state index is 0.0589. The molecule has 1 amide bonds. The molecule has 0 bridgehead atoms. The Bertz CT molecular complexity index is 449. The second-order valence-corrected chi connectivity index (χ2v) is 4.51. The number of H-pyrrole nitrogens is 1. The van der Waals surface area contributed by atoms with Crippen molar-refractivity contribution < 1.29 is 14.7 Å². The fraction of sp³-hybridized carbons (Fsp3) is 0.545. The molecule has 0 spiro atoms. The predicted octanol–water partition coefficient (Wildman–Crippen LogP) is 0.511. The molecular formula is C11H15N3O3. The van der Waals surface area contributed by atoms with Crippen LogP contribution in [0.25, 0.3) is 0 Å². The van der Waals surface area contributed by atoms with Gasteiger partial charge in [0.1, 0.15) is 0 Å². The number of aliphatic carboxylic acids is 1. The highest BCUT2D eigenvalue weighted by molar-refractivity contribution is 5.95. The van der Waals surface area contributed by atoms with E-state index < -0.39 is 11.9 Å². The number of nitrogens with one attached hydrogen (secondary N) is 1. The Morgan fingerprint density at radius 3 is 2.71 bits per heavy atom. The van der Waals surface area contributed by atoms with Crippen LogP contribution in [-0.4, -0.2) is 45.2 Å². The quantitative estimate of drug-likeness (QED) is 0.802. The maximum atomic E-state index is 12.0. The van der Waals surface area contributed by atoms with Crippen LogP contribution in [0.15, 0.2) is 6.20 Å². The summed E-state index contributed by atoms with van der Waals surface area (Å²) in [7, 11) is 0. The van der Waals surface area contributed by atoms with E-state index in [4.69, 9.17) is 5.11 Å². The normalized spacial score (nSPS) is 17.6. The monoisotopic (exact) mass is 237 g/mol. The van der Waals surface area contributed by atoms with Gasteiger partial charge in [0.05, 0.1) is 17.7 Å². The number of aromatic nitrogens is 2. The van der Waals surface area contributed by atoms with Crippen molar-refractivity contribution in [2.45, 2.75) is 13.8 Å². The number of amides is 1. The molecule has 17 heavy (non-hydrogen) atoms. The largest absolute Gasteiger partial charge is 0.481 e. The Morgan fingerprint density at radius 2 is 2.24 bits per heavy atom. The molecule has 1 aromatic rings. The first-order valence-corrected chi connectivity index (χ1v) is 5.52. The molecule has 0 aliphatic carbocycles. The van der Waals surface area contributed by atoms with Gasteiger partial charge < -0.3 is 10.0 Å². The molecule has 2 rings (SSSR count). The van der Waals surface area contributed by atoms with E-state index in [0.717, 1.165) is 5.69 Å². The average molecular weight is 237 g/mol. The first-order chi connectivity index (χ1) is 8.00. The van der Waals surface area contributed by atoms with Crippen molar-refractivity contribution in [3.8, 4) is 0 Å². The lowest BCUT2D eigenvalue weighted by molar-refractivity contribution is -0.144. The van der Waals surface area contributed by atoms with Gasteiger partial charge in [-0.05, 0) is 6.92 Å². The van der Waals surface area contributed by atoms with Gasteiger partial charge in [0, 0.05) is 24.7 Å². The molecular weight excluding hydrogens is 222 g/mol. The number of hydrogen-bond acceptors (Lipinski definition) is 3. The lowest BCUT2D eigenvalue weighted by Crippen LogP contribution is -2.53. The third-order valence-corrected chi connectivity index (χ3v) is 3.35. The zero-order valence-corrected chi connectivity index (χ0v) is 9.80. The van der Waals surface area contributed by atoms with Gasteiger partial charge in [-0.2, -0.15) is 5.10 Å². The Labute approximate surface area is 98.6 Å². The van der Waals surface area contributed by atoms with Crippen molar-refractivity contribution >= 4 is 11.9 Å². The van der Waals surface area contributed by atoms with Crippen LogP contribution in [0.3, 0.4) is 0 Å². The fourth-order valence-electron chi connectivity index (χ4n) is 1.93. The number of rotatable bonds is 3. The molecule has 2 N–H and O–H groups in total. The van der Waals surface area contributed by atoms with Crippen LogP contribution in [-0.2, 0) is 4.79 Å². The summed E-state index contributed by atoms with van der Waals surface area (Å²) in [4.78, 5) is 24.4. The summed E-state index contributed by atoms with van der Waals surface area (Å²) in [6.45, 7) is 4.49. The number of nitrogens with zero attached hydrogens (tertiary/aromatic N) is 2. The third-order valence-electron chi connectivity index (χ3n) is 3.35. The molecule has 1 aromatic heterocycles. The fourth-order valence-corrected chi connectivity index (χ4v) is 1.93.